The van der Waals surface area contributed by atoms with Gasteiger partial charge >= 0.3 is 0 Å². The summed E-state index contributed by atoms with van der Waals surface area (Å²) in [5.41, 5.74) is 12.5. The van der Waals surface area contributed by atoms with Crippen molar-refractivity contribution in [2.24, 2.45) is 5.73 Å². The largest absolute Gasteiger partial charge is 0.378 e. The van der Waals surface area contributed by atoms with E-state index < -0.39 is 0 Å². The number of hydrogen-bond donors (Lipinski definition) is 1. The smallest absolute Gasteiger partial charge is 0.0555 e. The minimum absolute atomic E-state index is 0.0696. The summed E-state index contributed by atoms with van der Waals surface area (Å²) >= 11 is 0. The van der Waals surface area contributed by atoms with Crippen LogP contribution in [0.5, 0.6) is 0 Å². The lowest BCUT2D eigenvalue weighted by atomic mass is 9.93. The van der Waals surface area contributed by atoms with Crippen molar-refractivity contribution < 1.29 is 0 Å². The van der Waals surface area contributed by atoms with E-state index in [9.17, 15) is 0 Å². The Kier molecular flexibility index (Phi) is 3.91. The van der Waals surface area contributed by atoms with E-state index in [0.717, 1.165) is 5.56 Å². The molecule has 0 spiro atoms. The van der Waals surface area contributed by atoms with Gasteiger partial charge in [0, 0.05) is 19.8 Å². The van der Waals surface area contributed by atoms with Crippen LogP contribution >= 0.6 is 0 Å². The van der Waals surface area contributed by atoms with Gasteiger partial charge in [-0.25, -0.2) is 0 Å². The summed E-state index contributed by atoms with van der Waals surface area (Å²) in [6, 6.07) is 14.7. The third-order valence-electron chi connectivity index (χ3n) is 3.73. The number of rotatable bonds is 3. The number of hydrogen-bond acceptors (Lipinski definition) is 2. The molecule has 100 valence electrons. The lowest BCUT2D eigenvalue weighted by Crippen LogP contribution is -2.15. The molecule has 0 aromatic heterocycles. The highest BCUT2D eigenvalue weighted by Crippen LogP contribution is 2.26. The third-order valence-corrected chi connectivity index (χ3v) is 3.73. The highest BCUT2D eigenvalue weighted by atomic mass is 15.1. The fourth-order valence-electron chi connectivity index (χ4n) is 2.29. The second kappa shape index (κ2) is 5.45. The molecule has 0 heterocycles. The topological polar surface area (TPSA) is 29.3 Å². The molecule has 0 bridgehead atoms. The minimum atomic E-state index is -0.0696. The zero-order valence-corrected chi connectivity index (χ0v) is 12.1. The highest BCUT2D eigenvalue weighted by molar-refractivity contribution is 5.50. The molecule has 0 aliphatic heterocycles. The number of nitrogens with zero attached hydrogens (tertiary/aromatic N) is 1. The van der Waals surface area contributed by atoms with Crippen LogP contribution in [0.2, 0.25) is 0 Å². The second-order valence-corrected chi connectivity index (χ2v) is 5.26. The molecular formula is C17H22N2. The van der Waals surface area contributed by atoms with E-state index in [-0.39, 0.29) is 6.04 Å². The summed E-state index contributed by atoms with van der Waals surface area (Å²) in [6.45, 7) is 4.27. The van der Waals surface area contributed by atoms with Gasteiger partial charge in [-0.1, -0.05) is 30.3 Å². The van der Waals surface area contributed by atoms with Gasteiger partial charge in [-0.3, -0.25) is 0 Å². The van der Waals surface area contributed by atoms with Crippen LogP contribution in [0.25, 0.3) is 0 Å². The van der Waals surface area contributed by atoms with Crippen LogP contribution in [-0.4, -0.2) is 14.1 Å². The molecule has 0 aliphatic carbocycles. The summed E-state index contributed by atoms with van der Waals surface area (Å²) in [7, 11) is 4.09. The van der Waals surface area contributed by atoms with E-state index in [1.165, 1.54) is 22.4 Å². The number of anilines is 1. The minimum Gasteiger partial charge on any atom is -0.378 e. The number of aryl methyl sites for hydroxylation is 1. The Labute approximate surface area is 115 Å². The predicted octanol–water partition coefficient (Wildman–Crippen LogP) is 3.42. The van der Waals surface area contributed by atoms with E-state index in [2.05, 4.69) is 61.2 Å². The van der Waals surface area contributed by atoms with Crippen molar-refractivity contribution in [3.05, 3.63) is 64.7 Å². The van der Waals surface area contributed by atoms with Gasteiger partial charge in [0.1, 0.15) is 0 Å². The Hall–Kier alpha value is -1.80. The van der Waals surface area contributed by atoms with E-state index in [4.69, 9.17) is 5.73 Å². The lowest BCUT2D eigenvalue weighted by molar-refractivity contribution is 0.857. The monoisotopic (exact) mass is 254 g/mol. The number of benzene rings is 2. The molecule has 19 heavy (non-hydrogen) atoms. The Morgan fingerprint density at radius 3 is 2.37 bits per heavy atom. The van der Waals surface area contributed by atoms with Crippen molar-refractivity contribution in [3.8, 4) is 0 Å². The fraction of sp³-hybridized carbons (Fsp3) is 0.294. The Balaban J connectivity index is 2.41. The molecule has 2 N–H and O–H groups in total. The normalized spacial score (nSPS) is 12.3. The molecule has 0 saturated heterocycles. The Morgan fingerprint density at radius 1 is 1.00 bits per heavy atom. The second-order valence-electron chi connectivity index (χ2n) is 5.26. The molecule has 0 amide bonds. The van der Waals surface area contributed by atoms with Crippen LogP contribution in [0.1, 0.15) is 28.3 Å². The van der Waals surface area contributed by atoms with Gasteiger partial charge in [0.05, 0.1) is 6.04 Å². The van der Waals surface area contributed by atoms with Crippen LogP contribution in [0.3, 0.4) is 0 Å². The first-order chi connectivity index (χ1) is 9.00. The zero-order chi connectivity index (χ0) is 14.0. The van der Waals surface area contributed by atoms with Gasteiger partial charge in [-0.2, -0.15) is 0 Å². The fourth-order valence-corrected chi connectivity index (χ4v) is 2.29. The van der Waals surface area contributed by atoms with Gasteiger partial charge < -0.3 is 10.6 Å². The van der Waals surface area contributed by atoms with Crippen molar-refractivity contribution in [1.82, 2.24) is 0 Å². The highest BCUT2D eigenvalue weighted by Gasteiger charge is 2.12. The van der Waals surface area contributed by atoms with Gasteiger partial charge in [0.25, 0.3) is 0 Å². The summed E-state index contributed by atoms with van der Waals surface area (Å²) < 4.78 is 0. The van der Waals surface area contributed by atoms with Crippen LogP contribution in [0.15, 0.2) is 42.5 Å². The van der Waals surface area contributed by atoms with Gasteiger partial charge in [-0.05, 0) is 48.2 Å². The van der Waals surface area contributed by atoms with Crippen molar-refractivity contribution in [1.29, 1.82) is 0 Å². The molecule has 0 radical (unpaired) electrons. The molecule has 2 aromatic carbocycles. The summed E-state index contributed by atoms with van der Waals surface area (Å²) in [5, 5.41) is 0. The lowest BCUT2D eigenvalue weighted by Gasteiger charge is -2.19. The van der Waals surface area contributed by atoms with Crippen molar-refractivity contribution >= 4 is 5.69 Å². The van der Waals surface area contributed by atoms with Crippen LogP contribution < -0.4 is 10.6 Å². The standard InChI is InChI=1S/C17H22N2/c1-12-7-5-10-16(13(12)2)17(18)14-8-6-9-15(11-14)19(3)4/h5-11,17H,18H2,1-4H3. The van der Waals surface area contributed by atoms with Gasteiger partial charge in [0.2, 0.25) is 0 Å². The quantitative estimate of drug-likeness (QED) is 0.909. The van der Waals surface area contributed by atoms with Crippen molar-refractivity contribution in [2.45, 2.75) is 19.9 Å². The Morgan fingerprint density at radius 2 is 1.68 bits per heavy atom. The molecule has 0 fully saturated rings. The molecule has 0 aliphatic rings. The van der Waals surface area contributed by atoms with E-state index in [1.54, 1.807) is 0 Å². The number of nitrogens with two attached hydrogens (primary N) is 1. The molecule has 1 unspecified atom stereocenters. The zero-order valence-electron chi connectivity index (χ0n) is 12.1. The first kappa shape index (κ1) is 13.6. The summed E-state index contributed by atoms with van der Waals surface area (Å²) in [4.78, 5) is 2.10. The molecular weight excluding hydrogens is 232 g/mol. The van der Waals surface area contributed by atoms with E-state index in [1.807, 2.05) is 14.1 Å². The SMILES string of the molecule is Cc1cccc(C(N)c2cccc(N(C)C)c2)c1C. The molecule has 1 atom stereocenters. The first-order valence-electron chi connectivity index (χ1n) is 6.59. The van der Waals surface area contributed by atoms with Crippen LogP contribution in [-0.2, 0) is 0 Å². The van der Waals surface area contributed by atoms with Crippen molar-refractivity contribution in [2.75, 3.05) is 19.0 Å². The van der Waals surface area contributed by atoms with Crippen LogP contribution in [0, 0.1) is 13.8 Å². The summed E-state index contributed by atoms with van der Waals surface area (Å²) in [6.07, 6.45) is 0. The third kappa shape index (κ3) is 2.79. The molecule has 2 nitrogen and oxygen atoms in total. The average molecular weight is 254 g/mol. The van der Waals surface area contributed by atoms with Gasteiger partial charge in [0.15, 0.2) is 0 Å². The molecule has 2 aromatic rings. The maximum absolute atomic E-state index is 6.44. The molecule has 2 rings (SSSR count). The summed E-state index contributed by atoms with van der Waals surface area (Å²) in [5.74, 6) is 0. The van der Waals surface area contributed by atoms with E-state index in [0.29, 0.717) is 0 Å². The maximum Gasteiger partial charge on any atom is 0.0555 e. The molecule has 0 saturated carbocycles. The average Bonchev–Trinajstić information content (AvgIpc) is 2.41. The van der Waals surface area contributed by atoms with Gasteiger partial charge in [-0.15, -0.1) is 0 Å². The van der Waals surface area contributed by atoms with Crippen molar-refractivity contribution in [3.63, 3.8) is 0 Å². The van der Waals surface area contributed by atoms with E-state index >= 15 is 0 Å². The maximum atomic E-state index is 6.44. The first-order valence-corrected chi connectivity index (χ1v) is 6.59. The predicted molar refractivity (Wildman–Crippen MR) is 82.7 cm³/mol. The van der Waals surface area contributed by atoms with Crippen LogP contribution in [0.4, 0.5) is 5.69 Å². The Bertz CT molecular complexity index is 573. The molecule has 2 heteroatoms.